The van der Waals surface area contributed by atoms with Gasteiger partial charge in [-0.2, -0.15) is 0 Å². The maximum Gasteiger partial charge on any atom is 0.255 e. The van der Waals surface area contributed by atoms with Gasteiger partial charge in [0.05, 0.1) is 14.2 Å². The number of hydrogen-bond donors (Lipinski definition) is 1. The first kappa shape index (κ1) is 19.0. The molecule has 3 rings (SSSR count). The van der Waals surface area contributed by atoms with Crippen LogP contribution in [0.1, 0.15) is 27.2 Å². The van der Waals surface area contributed by atoms with Crippen LogP contribution in [0.2, 0.25) is 0 Å². The number of anilines is 1. The molecule has 0 unspecified atom stereocenters. The first-order valence-electron chi connectivity index (χ1n) is 8.68. The zero-order valence-corrected chi connectivity index (χ0v) is 15.9. The van der Waals surface area contributed by atoms with Gasteiger partial charge in [0.15, 0.2) is 0 Å². The van der Waals surface area contributed by atoms with E-state index in [-0.39, 0.29) is 5.91 Å². The van der Waals surface area contributed by atoms with Crippen molar-refractivity contribution in [3.05, 3.63) is 83.2 Å². The minimum absolute atomic E-state index is 0.258. The summed E-state index contributed by atoms with van der Waals surface area (Å²) in [7, 11) is 3.13. The molecular formula is C23H20N2O3. The number of nitrogens with zero attached hydrogens (tertiary/aromatic N) is 1. The fourth-order valence-corrected chi connectivity index (χ4v) is 2.67. The van der Waals surface area contributed by atoms with Gasteiger partial charge < -0.3 is 14.8 Å². The van der Waals surface area contributed by atoms with E-state index in [1.165, 1.54) is 0 Å². The van der Waals surface area contributed by atoms with E-state index in [1.807, 2.05) is 49.4 Å². The molecule has 0 aliphatic carbocycles. The van der Waals surface area contributed by atoms with Crippen molar-refractivity contribution in [3.8, 4) is 23.3 Å². The number of benzene rings is 2. The van der Waals surface area contributed by atoms with Crippen LogP contribution in [0.5, 0.6) is 11.5 Å². The van der Waals surface area contributed by atoms with Gasteiger partial charge in [-0.25, -0.2) is 4.98 Å². The van der Waals surface area contributed by atoms with Gasteiger partial charge >= 0.3 is 0 Å². The van der Waals surface area contributed by atoms with Crippen molar-refractivity contribution in [2.75, 3.05) is 19.5 Å². The fraction of sp³-hybridized carbons (Fsp3) is 0.130. The summed E-state index contributed by atoms with van der Waals surface area (Å²) in [5.74, 6) is 6.99. The van der Waals surface area contributed by atoms with E-state index >= 15 is 0 Å². The average Bonchev–Trinajstić information content (AvgIpc) is 2.73. The Hall–Kier alpha value is -3.78. The van der Waals surface area contributed by atoms with Crippen molar-refractivity contribution >= 4 is 11.6 Å². The standard InChI is InChI=1S/C23H20N2O3/c1-16-21(27-2)14-18(15-22(16)28-3)23(26)25-20-9-6-7-17(13-20)10-11-19-8-4-5-12-24-19/h4-9,12-15H,1-3H3,(H,25,26). The molecule has 0 radical (unpaired) electrons. The lowest BCUT2D eigenvalue weighted by Crippen LogP contribution is -2.12. The van der Waals surface area contributed by atoms with Crippen LogP contribution in [0.3, 0.4) is 0 Å². The molecule has 1 heterocycles. The molecule has 0 aliphatic heterocycles. The Morgan fingerprint density at radius 2 is 1.71 bits per heavy atom. The molecule has 0 fully saturated rings. The van der Waals surface area contributed by atoms with Gasteiger partial charge in [0.25, 0.3) is 5.91 Å². The minimum Gasteiger partial charge on any atom is -0.496 e. The quantitative estimate of drug-likeness (QED) is 0.702. The third-order valence-corrected chi connectivity index (χ3v) is 4.13. The van der Waals surface area contributed by atoms with Crippen LogP contribution < -0.4 is 14.8 Å². The van der Waals surface area contributed by atoms with Crippen LogP contribution in [0.25, 0.3) is 0 Å². The third kappa shape index (κ3) is 4.49. The van der Waals surface area contributed by atoms with Crippen molar-refractivity contribution in [3.63, 3.8) is 0 Å². The zero-order chi connectivity index (χ0) is 19.9. The Balaban J connectivity index is 1.81. The fourth-order valence-electron chi connectivity index (χ4n) is 2.67. The van der Waals surface area contributed by atoms with Crippen LogP contribution in [-0.2, 0) is 0 Å². The molecule has 140 valence electrons. The van der Waals surface area contributed by atoms with Gasteiger partial charge in [0.1, 0.15) is 17.2 Å². The highest BCUT2D eigenvalue weighted by atomic mass is 16.5. The van der Waals surface area contributed by atoms with E-state index in [1.54, 1.807) is 32.5 Å². The molecule has 0 bridgehead atoms. The SMILES string of the molecule is COc1cc(C(=O)Nc2cccc(C#Cc3ccccn3)c2)cc(OC)c1C. The summed E-state index contributed by atoms with van der Waals surface area (Å²) in [4.78, 5) is 16.9. The van der Waals surface area contributed by atoms with Crippen molar-refractivity contribution in [1.29, 1.82) is 0 Å². The van der Waals surface area contributed by atoms with E-state index in [4.69, 9.17) is 9.47 Å². The Morgan fingerprint density at radius 3 is 2.36 bits per heavy atom. The predicted molar refractivity (Wildman–Crippen MR) is 109 cm³/mol. The summed E-state index contributed by atoms with van der Waals surface area (Å²) in [5.41, 5.74) is 3.41. The van der Waals surface area contributed by atoms with Gasteiger partial charge in [0, 0.05) is 28.6 Å². The van der Waals surface area contributed by atoms with Gasteiger partial charge in [-0.3, -0.25) is 4.79 Å². The largest absolute Gasteiger partial charge is 0.496 e. The highest BCUT2D eigenvalue weighted by molar-refractivity contribution is 6.05. The molecule has 1 amide bonds. The van der Waals surface area contributed by atoms with Gasteiger partial charge in [0.2, 0.25) is 0 Å². The summed E-state index contributed by atoms with van der Waals surface area (Å²) < 4.78 is 10.7. The average molecular weight is 372 g/mol. The number of carbonyl (C=O) groups excluding carboxylic acids is 1. The van der Waals surface area contributed by atoms with Crippen molar-refractivity contribution in [1.82, 2.24) is 4.98 Å². The van der Waals surface area contributed by atoms with Crippen LogP contribution in [-0.4, -0.2) is 25.1 Å². The summed E-state index contributed by atoms with van der Waals surface area (Å²) in [6.45, 7) is 1.88. The highest BCUT2D eigenvalue weighted by Gasteiger charge is 2.14. The minimum atomic E-state index is -0.258. The summed E-state index contributed by atoms with van der Waals surface area (Å²) in [5, 5.41) is 2.89. The third-order valence-electron chi connectivity index (χ3n) is 4.13. The molecule has 1 aromatic heterocycles. The smallest absolute Gasteiger partial charge is 0.255 e. The van der Waals surface area contributed by atoms with E-state index in [9.17, 15) is 4.79 Å². The van der Waals surface area contributed by atoms with Crippen molar-refractivity contribution in [2.45, 2.75) is 6.92 Å². The van der Waals surface area contributed by atoms with Crippen LogP contribution in [0.15, 0.2) is 60.8 Å². The number of hydrogen-bond acceptors (Lipinski definition) is 4. The first-order chi connectivity index (χ1) is 13.6. The van der Waals surface area contributed by atoms with Gasteiger partial charge in [-0.1, -0.05) is 18.1 Å². The Bertz CT molecular complexity index is 1030. The lowest BCUT2D eigenvalue weighted by molar-refractivity contribution is 0.102. The van der Waals surface area contributed by atoms with E-state index in [0.717, 1.165) is 11.1 Å². The number of rotatable bonds is 4. The van der Waals surface area contributed by atoms with Crippen molar-refractivity contribution in [2.24, 2.45) is 0 Å². The number of pyridine rings is 1. The normalized spacial score (nSPS) is 9.82. The van der Waals surface area contributed by atoms with Gasteiger partial charge in [-0.05, 0) is 55.3 Å². The number of ether oxygens (including phenoxy) is 2. The molecule has 0 saturated carbocycles. The summed E-state index contributed by atoms with van der Waals surface area (Å²) in [6.07, 6.45) is 1.70. The molecule has 0 aliphatic rings. The number of nitrogens with one attached hydrogen (secondary N) is 1. The molecule has 28 heavy (non-hydrogen) atoms. The van der Waals surface area contributed by atoms with Crippen LogP contribution in [0.4, 0.5) is 5.69 Å². The lowest BCUT2D eigenvalue weighted by Gasteiger charge is -2.13. The molecule has 0 spiro atoms. The Labute approximate surface area is 164 Å². The second-order valence-electron chi connectivity index (χ2n) is 6.01. The molecule has 0 atom stereocenters. The highest BCUT2D eigenvalue weighted by Crippen LogP contribution is 2.29. The molecule has 1 N–H and O–H groups in total. The maximum atomic E-state index is 12.7. The summed E-state index contributed by atoms with van der Waals surface area (Å²) in [6, 6.07) is 16.3. The molecular weight excluding hydrogens is 352 g/mol. The van der Waals surface area contributed by atoms with E-state index < -0.39 is 0 Å². The van der Waals surface area contributed by atoms with Crippen LogP contribution >= 0.6 is 0 Å². The number of methoxy groups -OCH3 is 2. The molecule has 5 nitrogen and oxygen atoms in total. The maximum absolute atomic E-state index is 12.7. The predicted octanol–water partition coefficient (Wildman–Crippen LogP) is 4.06. The molecule has 5 heteroatoms. The molecule has 2 aromatic carbocycles. The number of aromatic nitrogens is 1. The topological polar surface area (TPSA) is 60.5 Å². The zero-order valence-electron chi connectivity index (χ0n) is 15.9. The first-order valence-corrected chi connectivity index (χ1v) is 8.68. The van der Waals surface area contributed by atoms with E-state index in [0.29, 0.717) is 28.4 Å². The van der Waals surface area contributed by atoms with Crippen molar-refractivity contribution < 1.29 is 14.3 Å². The second-order valence-corrected chi connectivity index (χ2v) is 6.01. The van der Waals surface area contributed by atoms with Crippen LogP contribution in [0, 0.1) is 18.8 Å². The lowest BCUT2D eigenvalue weighted by atomic mass is 10.1. The molecule has 3 aromatic rings. The monoisotopic (exact) mass is 372 g/mol. The Kier molecular flexibility index (Phi) is 5.93. The van der Waals surface area contributed by atoms with Gasteiger partial charge in [-0.15, -0.1) is 0 Å². The summed E-state index contributed by atoms with van der Waals surface area (Å²) >= 11 is 0. The Morgan fingerprint density at radius 1 is 0.964 bits per heavy atom. The number of amides is 1. The number of carbonyl (C=O) groups is 1. The van der Waals surface area contributed by atoms with E-state index in [2.05, 4.69) is 22.1 Å². The molecule has 0 saturated heterocycles. The second kappa shape index (κ2) is 8.74.